The molecule has 2 aliphatic heterocycles. The van der Waals surface area contributed by atoms with Crippen LogP contribution in [-0.2, 0) is 29.1 Å². The first-order chi connectivity index (χ1) is 11.7. The zero-order valence-corrected chi connectivity index (χ0v) is 13.9. The van der Waals surface area contributed by atoms with Crippen LogP contribution in [0.2, 0.25) is 0 Å². The maximum absolute atomic E-state index is 12.7. The van der Waals surface area contributed by atoms with E-state index in [-0.39, 0.29) is 24.6 Å². The number of benzene rings is 1. The number of amides is 1. The molecule has 1 aromatic heterocycles. The predicted molar refractivity (Wildman–Crippen MR) is 88.2 cm³/mol. The fourth-order valence-corrected chi connectivity index (χ4v) is 3.89. The SMILES string of the molecule is Cc1nnc2n1C[C@H]1CC[C@@H](C2)N1C(=O)COCc1ccccc1. The van der Waals surface area contributed by atoms with Gasteiger partial charge in [-0.05, 0) is 25.3 Å². The summed E-state index contributed by atoms with van der Waals surface area (Å²) in [7, 11) is 0. The number of ether oxygens (including phenoxy) is 1. The quantitative estimate of drug-likeness (QED) is 0.858. The van der Waals surface area contributed by atoms with Crippen molar-refractivity contribution in [3.8, 4) is 0 Å². The number of hydrogen-bond acceptors (Lipinski definition) is 4. The van der Waals surface area contributed by atoms with E-state index in [9.17, 15) is 4.79 Å². The van der Waals surface area contributed by atoms with Gasteiger partial charge in [0, 0.05) is 19.0 Å². The van der Waals surface area contributed by atoms with E-state index in [1.807, 2.05) is 42.2 Å². The predicted octanol–water partition coefficient (Wildman–Crippen LogP) is 1.72. The van der Waals surface area contributed by atoms with Gasteiger partial charge in [0.25, 0.3) is 0 Å². The molecule has 24 heavy (non-hydrogen) atoms. The third kappa shape index (κ3) is 2.82. The molecule has 0 aliphatic carbocycles. The van der Waals surface area contributed by atoms with Crippen LogP contribution in [0.15, 0.2) is 30.3 Å². The summed E-state index contributed by atoms with van der Waals surface area (Å²) in [4.78, 5) is 14.8. The van der Waals surface area contributed by atoms with Crippen LogP contribution in [0.5, 0.6) is 0 Å². The molecule has 0 spiro atoms. The second kappa shape index (κ2) is 6.36. The summed E-state index contributed by atoms with van der Waals surface area (Å²) in [6.07, 6.45) is 2.88. The van der Waals surface area contributed by atoms with Crippen molar-refractivity contribution in [3.63, 3.8) is 0 Å². The van der Waals surface area contributed by atoms with Crippen molar-refractivity contribution in [2.24, 2.45) is 0 Å². The summed E-state index contributed by atoms with van der Waals surface area (Å²) >= 11 is 0. The highest BCUT2D eigenvalue weighted by Gasteiger charge is 2.40. The van der Waals surface area contributed by atoms with E-state index in [0.717, 1.165) is 43.0 Å². The maximum Gasteiger partial charge on any atom is 0.249 e. The number of nitrogens with zero attached hydrogens (tertiary/aromatic N) is 4. The van der Waals surface area contributed by atoms with E-state index in [0.29, 0.717) is 6.61 Å². The van der Waals surface area contributed by atoms with Crippen LogP contribution in [0.3, 0.4) is 0 Å². The summed E-state index contributed by atoms with van der Waals surface area (Å²) in [6.45, 7) is 3.39. The lowest BCUT2D eigenvalue weighted by Crippen LogP contribution is -2.44. The summed E-state index contributed by atoms with van der Waals surface area (Å²) in [5.74, 6) is 2.03. The molecule has 1 aromatic carbocycles. The van der Waals surface area contributed by atoms with Gasteiger partial charge in [0.2, 0.25) is 5.91 Å². The first-order valence-electron chi connectivity index (χ1n) is 8.54. The number of carbonyl (C=O) groups is 1. The van der Waals surface area contributed by atoms with Crippen LogP contribution < -0.4 is 0 Å². The fraction of sp³-hybridized carbons (Fsp3) is 0.500. The molecule has 4 rings (SSSR count). The van der Waals surface area contributed by atoms with Gasteiger partial charge < -0.3 is 14.2 Å². The molecule has 1 fully saturated rings. The molecule has 2 aliphatic rings. The van der Waals surface area contributed by atoms with Crippen molar-refractivity contribution < 1.29 is 9.53 Å². The van der Waals surface area contributed by atoms with Crippen LogP contribution in [0, 0.1) is 6.92 Å². The highest BCUT2D eigenvalue weighted by atomic mass is 16.5. The van der Waals surface area contributed by atoms with E-state index in [2.05, 4.69) is 14.8 Å². The molecule has 3 heterocycles. The molecule has 0 radical (unpaired) electrons. The van der Waals surface area contributed by atoms with Crippen LogP contribution in [-0.4, -0.2) is 44.3 Å². The first-order valence-corrected chi connectivity index (χ1v) is 8.54. The Hall–Kier alpha value is -2.21. The van der Waals surface area contributed by atoms with Gasteiger partial charge in [0.1, 0.15) is 18.3 Å². The highest BCUT2D eigenvalue weighted by Crippen LogP contribution is 2.31. The van der Waals surface area contributed by atoms with E-state index in [4.69, 9.17) is 4.74 Å². The number of rotatable bonds is 4. The van der Waals surface area contributed by atoms with Crippen molar-refractivity contribution in [2.45, 2.75) is 51.4 Å². The van der Waals surface area contributed by atoms with Crippen molar-refractivity contribution in [1.29, 1.82) is 0 Å². The highest BCUT2D eigenvalue weighted by molar-refractivity contribution is 5.78. The van der Waals surface area contributed by atoms with Crippen LogP contribution in [0.1, 0.15) is 30.1 Å². The summed E-state index contributed by atoms with van der Waals surface area (Å²) in [6, 6.07) is 10.4. The Bertz CT molecular complexity index is 728. The summed E-state index contributed by atoms with van der Waals surface area (Å²) in [5.41, 5.74) is 1.09. The van der Waals surface area contributed by atoms with Crippen molar-refractivity contribution in [1.82, 2.24) is 19.7 Å². The zero-order chi connectivity index (χ0) is 16.5. The molecule has 2 atom stereocenters. The largest absolute Gasteiger partial charge is 0.367 e. The van der Waals surface area contributed by atoms with E-state index in [1.54, 1.807) is 0 Å². The Morgan fingerprint density at radius 1 is 1.21 bits per heavy atom. The topological polar surface area (TPSA) is 60.2 Å². The Morgan fingerprint density at radius 2 is 2.00 bits per heavy atom. The Labute approximate surface area is 141 Å². The Balaban J connectivity index is 1.40. The normalized spacial score (nSPS) is 22.3. The molecule has 2 aromatic rings. The average Bonchev–Trinajstić information content (AvgIpc) is 3.07. The van der Waals surface area contributed by atoms with Gasteiger partial charge in [-0.3, -0.25) is 4.79 Å². The second-order valence-corrected chi connectivity index (χ2v) is 6.64. The van der Waals surface area contributed by atoms with Crippen molar-refractivity contribution in [2.75, 3.05) is 6.61 Å². The lowest BCUT2D eigenvalue weighted by atomic mass is 10.1. The molecule has 6 heteroatoms. The number of fused-ring (bicyclic) bond motifs is 3. The lowest BCUT2D eigenvalue weighted by Gasteiger charge is -2.28. The van der Waals surface area contributed by atoms with Gasteiger partial charge in [-0.1, -0.05) is 30.3 Å². The third-order valence-corrected chi connectivity index (χ3v) is 5.07. The fourth-order valence-electron chi connectivity index (χ4n) is 3.89. The molecule has 0 N–H and O–H groups in total. The molecule has 1 saturated heterocycles. The monoisotopic (exact) mass is 326 g/mol. The average molecular weight is 326 g/mol. The number of aryl methyl sites for hydroxylation is 1. The number of aromatic nitrogens is 3. The summed E-state index contributed by atoms with van der Waals surface area (Å²) < 4.78 is 7.82. The van der Waals surface area contributed by atoms with Crippen LogP contribution >= 0.6 is 0 Å². The van der Waals surface area contributed by atoms with Crippen LogP contribution in [0.25, 0.3) is 0 Å². The van der Waals surface area contributed by atoms with Gasteiger partial charge in [0.05, 0.1) is 12.6 Å². The molecule has 126 valence electrons. The van der Waals surface area contributed by atoms with Gasteiger partial charge in [0.15, 0.2) is 0 Å². The lowest BCUT2D eigenvalue weighted by molar-refractivity contribution is -0.139. The van der Waals surface area contributed by atoms with E-state index >= 15 is 0 Å². The van der Waals surface area contributed by atoms with Crippen LogP contribution in [0.4, 0.5) is 0 Å². The minimum atomic E-state index is 0.0924. The molecule has 1 amide bonds. The maximum atomic E-state index is 12.7. The van der Waals surface area contributed by atoms with Gasteiger partial charge >= 0.3 is 0 Å². The smallest absolute Gasteiger partial charge is 0.249 e. The second-order valence-electron chi connectivity index (χ2n) is 6.64. The standard InChI is InChI=1S/C18H22N4O2/c1-13-19-20-17-9-15-7-8-16(10-21(13)17)22(15)18(23)12-24-11-14-5-3-2-4-6-14/h2-6,15-16H,7-12H2,1H3/t15-,16+/m0/s1. The van der Waals surface area contributed by atoms with Crippen molar-refractivity contribution >= 4 is 5.91 Å². The molecule has 0 unspecified atom stereocenters. The minimum Gasteiger partial charge on any atom is -0.367 e. The van der Waals surface area contributed by atoms with Crippen molar-refractivity contribution in [3.05, 3.63) is 47.5 Å². The van der Waals surface area contributed by atoms with E-state index < -0.39 is 0 Å². The first kappa shape index (κ1) is 15.3. The number of carbonyl (C=O) groups excluding carboxylic acids is 1. The van der Waals surface area contributed by atoms with Gasteiger partial charge in [-0.25, -0.2) is 0 Å². The Kier molecular flexibility index (Phi) is 4.06. The summed E-state index contributed by atoms with van der Waals surface area (Å²) in [5, 5.41) is 8.45. The molecular weight excluding hydrogens is 304 g/mol. The minimum absolute atomic E-state index is 0.0924. The molecular formula is C18H22N4O2. The number of hydrogen-bond donors (Lipinski definition) is 0. The van der Waals surface area contributed by atoms with E-state index in [1.165, 1.54) is 0 Å². The van der Waals surface area contributed by atoms with Gasteiger partial charge in [-0.15, -0.1) is 10.2 Å². The Morgan fingerprint density at radius 3 is 2.83 bits per heavy atom. The molecule has 0 saturated carbocycles. The third-order valence-electron chi connectivity index (χ3n) is 5.07. The van der Waals surface area contributed by atoms with Gasteiger partial charge in [-0.2, -0.15) is 0 Å². The molecule has 2 bridgehead atoms. The zero-order valence-electron chi connectivity index (χ0n) is 13.9. The molecule has 6 nitrogen and oxygen atoms in total.